The normalized spacial score (nSPS) is 22.5. The number of carbonyl (C=O) groups excluding carboxylic acids is 2. The van der Waals surface area contributed by atoms with Crippen molar-refractivity contribution in [2.24, 2.45) is 0 Å². The molecule has 1 atom stereocenters. The van der Waals surface area contributed by atoms with Gasteiger partial charge in [0.05, 0.1) is 0 Å². The maximum absolute atomic E-state index is 15.0. The monoisotopic (exact) mass is 307 g/mol. The number of carbonyl (C=O) groups is 2. The van der Waals surface area contributed by atoms with Crippen LogP contribution < -0.4 is 0 Å². The molecule has 1 heterocycles. The smallest absolute Gasteiger partial charge is 0.354 e. The molecule has 0 radical (unpaired) electrons. The van der Waals surface area contributed by atoms with Gasteiger partial charge in [-0.05, 0) is 32.8 Å². The van der Waals surface area contributed by atoms with Crippen molar-refractivity contribution in [2.45, 2.75) is 51.4 Å². The van der Waals surface area contributed by atoms with Crippen LogP contribution in [0.2, 0.25) is 0 Å². The van der Waals surface area contributed by atoms with Gasteiger partial charge in [-0.25, -0.2) is 9.18 Å². The zero-order chi connectivity index (χ0) is 16.4. The lowest BCUT2D eigenvalue weighted by atomic mass is 9.93. The molecule has 1 aliphatic rings. The Balaban J connectivity index is 2.13. The van der Waals surface area contributed by atoms with Crippen molar-refractivity contribution in [3.05, 3.63) is 35.9 Å². The van der Waals surface area contributed by atoms with Crippen LogP contribution in [0.3, 0.4) is 0 Å². The summed E-state index contributed by atoms with van der Waals surface area (Å²) in [4.78, 5) is 25.9. The summed E-state index contributed by atoms with van der Waals surface area (Å²) in [6.45, 7) is 5.71. The second-order valence-electron chi connectivity index (χ2n) is 6.62. The second-order valence-corrected chi connectivity index (χ2v) is 6.62. The van der Waals surface area contributed by atoms with Crippen molar-refractivity contribution in [1.82, 2.24) is 4.90 Å². The fraction of sp³-hybridized carbons (Fsp3) is 0.529. The summed E-state index contributed by atoms with van der Waals surface area (Å²) < 4.78 is 20.1. The van der Waals surface area contributed by atoms with Gasteiger partial charge in [-0.15, -0.1) is 0 Å². The molecule has 1 unspecified atom stereocenters. The molecule has 120 valence electrons. The molecule has 1 saturated heterocycles. The summed E-state index contributed by atoms with van der Waals surface area (Å²) in [6.07, 6.45) is 0.320. The number of ether oxygens (including phenoxy) is 1. The van der Waals surface area contributed by atoms with E-state index in [1.807, 2.05) is 30.3 Å². The van der Waals surface area contributed by atoms with Gasteiger partial charge in [0.1, 0.15) is 5.60 Å². The number of alkyl halides is 1. The van der Waals surface area contributed by atoms with Crippen molar-refractivity contribution < 1.29 is 18.7 Å². The van der Waals surface area contributed by atoms with Gasteiger partial charge in [0.15, 0.2) is 0 Å². The average Bonchev–Trinajstić information content (AvgIpc) is 2.43. The first-order valence-electron chi connectivity index (χ1n) is 7.48. The van der Waals surface area contributed by atoms with Gasteiger partial charge in [0.2, 0.25) is 0 Å². The van der Waals surface area contributed by atoms with E-state index < -0.39 is 23.1 Å². The molecule has 22 heavy (non-hydrogen) atoms. The largest absolute Gasteiger partial charge is 0.457 e. The van der Waals surface area contributed by atoms with Gasteiger partial charge < -0.3 is 9.64 Å². The molecule has 1 aromatic rings. The molecule has 5 heteroatoms. The summed E-state index contributed by atoms with van der Waals surface area (Å²) in [6, 6.07) is 9.34. The van der Waals surface area contributed by atoms with Crippen molar-refractivity contribution >= 4 is 11.9 Å². The molecule has 0 saturated carbocycles. The van der Waals surface area contributed by atoms with E-state index in [-0.39, 0.29) is 6.42 Å². The molecule has 0 aliphatic carbocycles. The molecule has 1 amide bonds. The highest BCUT2D eigenvalue weighted by atomic mass is 19.1. The third-order valence-corrected chi connectivity index (χ3v) is 3.51. The highest BCUT2D eigenvalue weighted by Crippen LogP contribution is 2.30. The van der Waals surface area contributed by atoms with E-state index >= 15 is 0 Å². The number of piperidine rings is 1. The third kappa shape index (κ3) is 3.64. The quantitative estimate of drug-likeness (QED) is 0.637. The predicted octanol–water partition coefficient (Wildman–Crippen LogP) is 2.86. The Morgan fingerprint density at radius 2 is 1.95 bits per heavy atom. The summed E-state index contributed by atoms with van der Waals surface area (Å²) in [7, 11) is 0. The van der Waals surface area contributed by atoms with Gasteiger partial charge >= 0.3 is 5.97 Å². The SMILES string of the molecule is CC(C)(C)OC(=O)C1(F)CCCN(Cc2ccccc2)C1=O. The first-order chi connectivity index (χ1) is 10.2. The van der Waals surface area contributed by atoms with Crippen molar-refractivity contribution in [3.63, 3.8) is 0 Å². The Morgan fingerprint density at radius 1 is 1.32 bits per heavy atom. The Labute approximate surface area is 130 Å². The standard InChI is InChI=1S/C17H22FNO3/c1-16(2,3)22-15(21)17(18)10-7-11-19(14(17)20)12-13-8-5-4-6-9-13/h4-6,8-9H,7,10-12H2,1-3H3. The maximum Gasteiger partial charge on any atom is 0.354 e. The van der Waals surface area contributed by atoms with Crippen molar-refractivity contribution in [1.29, 1.82) is 0 Å². The molecule has 0 bridgehead atoms. The number of rotatable bonds is 3. The highest BCUT2D eigenvalue weighted by molar-refractivity contribution is 6.06. The number of halogens is 1. The van der Waals surface area contributed by atoms with E-state index in [4.69, 9.17) is 4.74 Å². The van der Waals surface area contributed by atoms with Crippen LogP contribution >= 0.6 is 0 Å². The number of hydrogen-bond donors (Lipinski definition) is 0. The lowest BCUT2D eigenvalue weighted by Crippen LogP contribution is -2.56. The summed E-state index contributed by atoms with van der Waals surface area (Å²) in [5, 5.41) is 0. The van der Waals surface area contributed by atoms with Crippen LogP contribution in [0.5, 0.6) is 0 Å². The number of hydrogen-bond acceptors (Lipinski definition) is 3. The van der Waals surface area contributed by atoms with E-state index in [0.29, 0.717) is 19.5 Å². The van der Waals surface area contributed by atoms with Crippen LogP contribution in [-0.2, 0) is 20.9 Å². The Hall–Kier alpha value is -1.91. The predicted molar refractivity (Wildman–Crippen MR) is 80.8 cm³/mol. The highest BCUT2D eigenvalue weighted by Gasteiger charge is 2.53. The zero-order valence-corrected chi connectivity index (χ0v) is 13.3. The van der Waals surface area contributed by atoms with Crippen molar-refractivity contribution in [3.8, 4) is 0 Å². The fourth-order valence-electron chi connectivity index (χ4n) is 2.48. The molecule has 2 rings (SSSR count). The number of likely N-dealkylation sites (tertiary alicyclic amines) is 1. The van der Waals surface area contributed by atoms with Gasteiger partial charge in [-0.3, -0.25) is 4.79 Å². The van der Waals surface area contributed by atoms with Crippen LogP contribution in [0, 0.1) is 0 Å². The number of benzene rings is 1. The van der Waals surface area contributed by atoms with E-state index in [9.17, 15) is 14.0 Å². The Kier molecular flexibility index (Phi) is 4.54. The van der Waals surface area contributed by atoms with Crippen LogP contribution in [-0.4, -0.2) is 34.6 Å². The van der Waals surface area contributed by atoms with E-state index in [1.165, 1.54) is 4.90 Å². The Morgan fingerprint density at radius 3 is 2.55 bits per heavy atom. The molecule has 1 aliphatic heterocycles. The number of nitrogens with zero attached hydrogens (tertiary/aromatic N) is 1. The minimum atomic E-state index is -2.57. The number of esters is 1. The van der Waals surface area contributed by atoms with Crippen LogP contribution in [0.25, 0.3) is 0 Å². The first-order valence-corrected chi connectivity index (χ1v) is 7.48. The first kappa shape index (κ1) is 16.5. The van der Waals surface area contributed by atoms with Crippen LogP contribution in [0.4, 0.5) is 4.39 Å². The lowest BCUT2D eigenvalue weighted by Gasteiger charge is -2.36. The molecule has 0 aromatic heterocycles. The maximum atomic E-state index is 15.0. The molecule has 4 nitrogen and oxygen atoms in total. The second kappa shape index (κ2) is 6.07. The van der Waals surface area contributed by atoms with E-state index in [1.54, 1.807) is 20.8 Å². The molecule has 0 N–H and O–H groups in total. The molecular weight excluding hydrogens is 285 g/mol. The molecule has 0 spiro atoms. The van der Waals surface area contributed by atoms with Crippen LogP contribution in [0.1, 0.15) is 39.2 Å². The minimum absolute atomic E-state index is 0.119. The topological polar surface area (TPSA) is 46.6 Å². The molecule has 1 fully saturated rings. The third-order valence-electron chi connectivity index (χ3n) is 3.51. The van der Waals surface area contributed by atoms with Gasteiger partial charge in [-0.2, -0.15) is 0 Å². The van der Waals surface area contributed by atoms with Gasteiger partial charge in [-0.1, -0.05) is 30.3 Å². The summed E-state index contributed by atoms with van der Waals surface area (Å²) in [5.74, 6) is -1.88. The molecule has 1 aromatic carbocycles. The zero-order valence-electron chi connectivity index (χ0n) is 13.3. The van der Waals surface area contributed by atoms with E-state index in [0.717, 1.165) is 5.56 Å². The van der Waals surface area contributed by atoms with E-state index in [2.05, 4.69) is 0 Å². The molecular formula is C17H22FNO3. The Bertz CT molecular complexity index is 553. The van der Waals surface area contributed by atoms with Crippen LogP contribution in [0.15, 0.2) is 30.3 Å². The van der Waals surface area contributed by atoms with Crippen molar-refractivity contribution in [2.75, 3.05) is 6.54 Å². The number of amides is 1. The summed E-state index contributed by atoms with van der Waals surface area (Å²) in [5.41, 5.74) is -2.48. The average molecular weight is 307 g/mol. The van der Waals surface area contributed by atoms with Gasteiger partial charge in [0, 0.05) is 19.5 Å². The minimum Gasteiger partial charge on any atom is -0.457 e. The lowest BCUT2D eigenvalue weighted by molar-refractivity contribution is -0.179. The summed E-state index contributed by atoms with van der Waals surface area (Å²) >= 11 is 0. The van der Waals surface area contributed by atoms with Gasteiger partial charge in [0.25, 0.3) is 11.6 Å². The fourth-order valence-corrected chi connectivity index (χ4v) is 2.48.